The molecule has 18 nitrogen and oxygen atoms in total. The van der Waals surface area contributed by atoms with Crippen molar-refractivity contribution in [3.63, 3.8) is 0 Å². The minimum Gasteiger partial charge on any atom is -0.328 e. The van der Waals surface area contributed by atoms with Gasteiger partial charge in [0.1, 0.15) is 23.7 Å². The van der Waals surface area contributed by atoms with Gasteiger partial charge in [0.25, 0.3) is 47.3 Å². The summed E-state index contributed by atoms with van der Waals surface area (Å²) in [5, 5.41) is 0. The highest BCUT2D eigenvalue weighted by Crippen LogP contribution is 2.23. The average molecular weight is 909 g/mol. The van der Waals surface area contributed by atoms with Crippen LogP contribution in [0.3, 0.4) is 0 Å². The number of unbranched alkanes of at least 4 members (excludes halogenated alkanes) is 2. The third-order valence-corrected chi connectivity index (χ3v) is 10.2. The van der Waals surface area contributed by atoms with Gasteiger partial charge in [0.05, 0.1) is 0 Å². The Bertz CT molecular complexity index is 1870. The summed E-state index contributed by atoms with van der Waals surface area (Å²) in [6, 6.07) is -1.73. The van der Waals surface area contributed by atoms with E-state index in [1.165, 1.54) is 29.2 Å². The molecule has 4 rings (SSSR count). The van der Waals surface area contributed by atoms with Gasteiger partial charge in [0.2, 0.25) is 0 Å². The fourth-order valence-electron chi connectivity index (χ4n) is 6.10. The maximum Gasteiger partial charge on any atom is 0.254 e. The number of Topliss-reactive ketones (excluding diaryl/α,β-unsaturated/α-hetero) is 4. The van der Waals surface area contributed by atoms with Crippen LogP contribution in [0.5, 0.6) is 0 Å². The predicted molar refractivity (Wildman–Crippen MR) is 240 cm³/mol. The van der Waals surface area contributed by atoms with E-state index in [2.05, 4.69) is 0 Å². The normalized spacial score (nSPS) is 17.0. The second-order valence-corrected chi connectivity index (χ2v) is 19.7. The smallest absolute Gasteiger partial charge is 0.254 e. The molecule has 0 saturated heterocycles. The molecular weight excluding hydrogens is 841 g/mol. The third kappa shape index (κ3) is 17.2. The van der Waals surface area contributed by atoms with Gasteiger partial charge in [-0.25, -0.2) is 0 Å². The molecule has 0 saturated carbocycles. The van der Waals surface area contributed by atoms with Crippen LogP contribution >= 0.6 is 0 Å². The SMILES string of the molecule is CC(C)(C)C(=O)C(CN)N1C(=O)C=CC1=O.CC(C)(C)C(=O)CCCCCN1C(=O)C=CC1=O.CC(C)(C)C(=O)CCN1C(=O)C=CC1=O.CC(C)(C)C(=O)[C@H](CN)N1C(=O)C=CC1=O. The summed E-state index contributed by atoms with van der Waals surface area (Å²) in [4.78, 5) is 142. The number of imide groups is 4. The Morgan fingerprint density at radius 2 is 0.677 bits per heavy atom. The molecule has 0 aromatic carbocycles. The summed E-state index contributed by atoms with van der Waals surface area (Å²) in [5.41, 5.74) is 9.01. The lowest BCUT2D eigenvalue weighted by molar-refractivity contribution is -0.147. The van der Waals surface area contributed by atoms with Crippen molar-refractivity contribution in [1.82, 2.24) is 19.6 Å². The molecule has 358 valence electrons. The van der Waals surface area contributed by atoms with Crippen LogP contribution in [0.15, 0.2) is 48.6 Å². The molecule has 4 aliphatic rings. The largest absolute Gasteiger partial charge is 0.328 e. The molecule has 18 heteroatoms. The van der Waals surface area contributed by atoms with Crippen molar-refractivity contribution >= 4 is 70.4 Å². The molecule has 4 heterocycles. The van der Waals surface area contributed by atoms with Gasteiger partial charge >= 0.3 is 0 Å². The number of rotatable bonds is 15. The molecule has 4 N–H and O–H groups in total. The van der Waals surface area contributed by atoms with Gasteiger partial charge in [-0.15, -0.1) is 0 Å². The minimum atomic E-state index is -0.866. The van der Waals surface area contributed by atoms with Crippen molar-refractivity contribution in [2.24, 2.45) is 33.1 Å². The molecule has 2 atom stereocenters. The number of carbonyl (C=O) groups is 12. The summed E-state index contributed by atoms with van der Waals surface area (Å²) in [6.07, 6.45) is 12.9. The number of amides is 8. The number of hydrogen-bond acceptors (Lipinski definition) is 14. The van der Waals surface area contributed by atoms with Crippen molar-refractivity contribution in [3.8, 4) is 0 Å². The topological polar surface area (TPSA) is 270 Å². The Hall–Kier alpha value is -5.88. The second-order valence-electron chi connectivity index (χ2n) is 19.7. The molecule has 0 fully saturated rings. The van der Waals surface area contributed by atoms with E-state index < -0.39 is 52.0 Å². The van der Waals surface area contributed by atoms with Crippen LogP contribution in [0.25, 0.3) is 0 Å². The monoisotopic (exact) mass is 908 g/mol. The minimum absolute atomic E-state index is 0.0464. The standard InChI is InChI=1S/C14H21NO3.2C11H16N2O3.C11H15NO3/c1-14(2,3)11(16)7-5-4-6-10-15-12(17)8-9-13(15)18;2*1-11(2,3)10(16)7(6-12)13-8(14)4-5-9(13)15;1-11(2,3)8(13)6-7-12-9(14)4-5-10(12)15/h8-9H,4-7,10H2,1-3H3;2*4-5,7H,6,12H2,1-3H3;4-5H,6-7H2,1-3H3/t;7-;;/m.0../s1. The molecule has 0 aromatic rings. The Balaban J connectivity index is 0.000000434. The van der Waals surface area contributed by atoms with Crippen molar-refractivity contribution in [3.05, 3.63) is 48.6 Å². The molecule has 0 aromatic heterocycles. The summed E-state index contributed by atoms with van der Waals surface area (Å²) in [5.74, 6) is -3.12. The van der Waals surface area contributed by atoms with Crippen LogP contribution in [0, 0.1) is 21.7 Å². The first-order valence-electron chi connectivity index (χ1n) is 21.4. The Labute approximate surface area is 381 Å². The highest BCUT2D eigenvalue weighted by Gasteiger charge is 2.40. The number of ketones is 4. The van der Waals surface area contributed by atoms with E-state index in [9.17, 15) is 57.5 Å². The Kier molecular flexibility index (Phi) is 21.0. The van der Waals surface area contributed by atoms with Crippen LogP contribution in [0.1, 0.15) is 115 Å². The highest BCUT2D eigenvalue weighted by molar-refractivity contribution is 6.17. The van der Waals surface area contributed by atoms with Gasteiger partial charge in [-0.1, -0.05) is 89.5 Å². The van der Waals surface area contributed by atoms with Crippen LogP contribution < -0.4 is 11.5 Å². The maximum atomic E-state index is 12.0. The fourth-order valence-corrected chi connectivity index (χ4v) is 6.10. The second kappa shape index (κ2) is 23.9. The van der Waals surface area contributed by atoms with Gasteiger partial charge in [-0.3, -0.25) is 77.1 Å². The molecule has 4 aliphatic heterocycles. The first kappa shape index (κ1) is 57.1. The lowest BCUT2D eigenvalue weighted by Crippen LogP contribution is -2.52. The van der Waals surface area contributed by atoms with Crippen LogP contribution in [0.4, 0.5) is 0 Å². The maximum absolute atomic E-state index is 12.0. The number of nitrogens with two attached hydrogens (primary N) is 2. The molecule has 65 heavy (non-hydrogen) atoms. The molecular formula is C47H68N6O12. The molecule has 0 aliphatic carbocycles. The van der Waals surface area contributed by atoms with Crippen molar-refractivity contribution in [2.45, 2.75) is 127 Å². The molecule has 0 bridgehead atoms. The first-order chi connectivity index (χ1) is 29.7. The van der Waals surface area contributed by atoms with Crippen molar-refractivity contribution in [1.29, 1.82) is 0 Å². The number of hydrogen-bond donors (Lipinski definition) is 2. The van der Waals surface area contributed by atoms with E-state index in [-0.39, 0.29) is 78.2 Å². The lowest BCUT2D eigenvalue weighted by atomic mass is 9.86. The van der Waals surface area contributed by atoms with E-state index in [0.717, 1.165) is 58.3 Å². The Morgan fingerprint density at radius 1 is 0.400 bits per heavy atom. The van der Waals surface area contributed by atoms with Crippen LogP contribution in [0.2, 0.25) is 0 Å². The quantitative estimate of drug-likeness (QED) is 0.177. The number of carbonyl (C=O) groups excluding carboxylic acids is 12. The predicted octanol–water partition coefficient (Wildman–Crippen LogP) is 2.71. The van der Waals surface area contributed by atoms with Crippen molar-refractivity contribution < 1.29 is 57.5 Å². The van der Waals surface area contributed by atoms with E-state index in [1.807, 2.05) is 41.5 Å². The van der Waals surface area contributed by atoms with Crippen LogP contribution in [-0.2, 0) is 57.5 Å². The van der Waals surface area contributed by atoms with Gasteiger partial charge in [0, 0.05) is 109 Å². The average Bonchev–Trinajstić information content (AvgIpc) is 3.92. The molecule has 1 unspecified atom stereocenters. The summed E-state index contributed by atoms with van der Waals surface area (Å²) >= 11 is 0. The van der Waals surface area contributed by atoms with Gasteiger partial charge in [-0.05, 0) is 12.8 Å². The highest BCUT2D eigenvalue weighted by atomic mass is 16.2. The molecule has 0 spiro atoms. The lowest BCUT2D eigenvalue weighted by Gasteiger charge is -2.29. The third-order valence-electron chi connectivity index (χ3n) is 10.2. The summed E-state index contributed by atoms with van der Waals surface area (Å²) in [7, 11) is 0. The molecule has 8 amide bonds. The van der Waals surface area contributed by atoms with Gasteiger partial charge in [-0.2, -0.15) is 0 Å². The zero-order chi connectivity index (χ0) is 50.4. The van der Waals surface area contributed by atoms with Crippen LogP contribution in [-0.4, -0.2) is 128 Å². The fraction of sp³-hybridized carbons (Fsp3) is 0.574. The van der Waals surface area contributed by atoms with Gasteiger partial charge < -0.3 is 11.5 Å². The van der Waals surface area contributed by atoms with E-state index in [1.54, 1.807) is 41.5 Å². The molecule has 0 radical (unpaired) electrons. The summed E-state index contributed by atoms with van der Waals surface area (Å²) < 4.78 is 0. The van der Waals surface area contributed by atoms with E-state index in [4.69, 9.17) is 11.5 Å². The van der Waals surface area contributed by atoms with E-state index >= 15 is 0 Å². The Morgan fingerprint density at radius 3 is 0.954 bits per heavy atom. The van der Waals surface area contributed by atoms with Gasteiger partial charge in [0.15, 0.2) is 11.6 Å². The number of nitrogens with zero attached hydrogens (tertiary/aromatic N) is 4. The summed E-state index contributed by atoms with van der Waals surface area (Å²) in [6.45, 7) is 22.2. The zero-order valence-electron chi connectivity index (χ0n) is 40.0. The van der Waals surface area contributed by atoms with E-state index in [0.29, 0.717) is 13.0 Å². The van der Waals surface area contributed by atoms with Crippen molar-refractivity contribution in [2.75, 3.05) is 26.2 Å². The zero-order valence-corrected chi connectivity index (χ0v) is 40.0. The first-order valence-corrected chi connectivity index (χ1v) is 21.4.